The largest absolute Gasteiger partial charge is 0.496 e. The SMILES string of the molecule is COc1ccc(C2C[C@H]2C=O)cc1-c1cnc(N2CCC2)nc1CN1C(=O)O[C@H](c2cccc(C(F)(F)F)c2)[C@@H]1C. The van der Waals surface area contributed by atoms with E-state index in [-0.39, 0.29) is 23.9 Å². The van der Waals surface area contributed by atoms with Gasteiger partial charge in [-0.25, -0.2) is 14.8 Å². The number of carbonyl (C=O) groups is 2. The standard InChI is InChI=1S/C30H29F3N4O4/c1-17-27(19-5-3-6-21(11-19)30(31,32)33)41-29(39)37(17)15-25-24(14-34-28(35-25)36-9-4-10-36)23-12-18(7-8-26(23)40-2)22-13-20(22)16-38/h3,5-8,11-12,14,16-17,20,22,27H,4,9-10,13,15H2,1-2H3/t17-,20-,22?,27-/m0/s1. The zero-order valence-electron chi connectivity index (χ0n) is 22.6. The highest BCUT2D eigenvalue weighted by Crippen LogP contribution is 2.48. The Morgan fingerprint density at radius 3 is 2.59 bits per heavy atom. The van der Waals surface area contributed by atoms with E-state index < -0.39 is 30.0 Å². The predicted molar refractivity (Wildman–Crippen MR) is 143 cm³/mol. The van der Waals surface area contributed by atoms with Crippen molar-refractivity contribution in [2.45, 2.75) is 50.6 Å². The number of ether oxygens (including phenoxy) is 2. The van der Waals surface area contributed by atoms with E-state index in [2.05, 4.69) is 4.98 Å². The number of methoxy groups -OCH3 is 1. The van der Waals surface area contributed by atoms with Crippen LogP contribution in [0.1, 0.15) is 54.2 Å². The van der Waals surface area contributed by atoms with Gasteiger partial charge in [0.05, 0.1) is 31.0 Å². The first kappa shape index (κ1) is 27.0. The first-order chi connectivity index (χ1) is 19.7. The lowest BCUT2D eigenvalue weighted by Crippen LogP contribution is -2.39. The van der Waals surface area contributed by atoms with Gasteiger partial charge in [-0.15, -0.1) is 0 Å². The summed E-state index contributed by atoms with van der Waals surface area (Å²) < 4.78 is 51.3. The minimum atomic E-state index is -4.51. The van der Waals surface area contributed by atoms with Crippen molar-refractivity contribution in [1.82, 2.24) is 14.9 Å². The van der Waals surface area contributed by atoms with Crippen LogP contribution in [0.15, 0.2) is 48.7 Å². The molecule has 1 amide bonds. The van der Waals surface area contributed by atoms with E-state index in [1.165, 1.54) is 17.0 Å². The zero-order valence-corrected chi connectivity index (χ0v) is 22.6. The Kier molecular flexibility index (Phi) is 6.83. The summed E-state index contributed by atoms with van der Waals surface area (Å²) in [5.74, 6) is 1.28. The highest BCUT2D eigenvalue weighted by molar-refractivity contribution is 5.76. The normalized spacial score (nSPS) is 23.7. The van der Waals surface area contributed by atoms with Crippen LogP contribution in [0.3, 0.4) is 0 Å². The Morgan fingerprint density at radius 2 is 1.93 bits per heavy atom. The number of aldehydes is 1. The van der Waals surface area contributed by atoms with Gasteiger partial charge in [0.1, 0.15) is 18.1 Å². The van der Waals surface area contributed by atoms with E-state index in [1.54, 1.807) is 20.2 Å². The van der Waals surface area contributed by atoms with Gasteiger partial charge in [0.25, 0.3) is 0 Å². The summed E-state index contributed by atoms with van der Waals surface area (Å²) >= 11 is 0. The van der Waals surface area contributed by atoms with E-state index in [0.717, 1.165) is 55.5 Å². The maximum Gasteiger partial charge on any atom is 0.416 e. The van der Waals surface area contributed by atoms with Crippen LogP contribution in [0.5, 0.6) is 5.75 Å². The topological polar surface area (TPSA) is 84.9 Å². The van der Waals surface area contributed by atoms with Gasteiger partial charge in [0.15, 0.2) is 0 Å². The second-order valence-electron chi connectivity index (χ2n) is 10.8. The maximum absolute atomic E-state index is 13.4. The summed E-state index contributed by atoms with van der Waals surface area (Å²) in [6.07, 6.45) is -1.50. The average Bonchev–Trinajstić information content (AvgIpc) is 3.67. The van der Waals surface area contributed by atoms with Gasteiger partial charge < -0.3 is 19.2 Å². The zero-order chi connectivity index (χ0) is 28.9. The highest BCUT2D eigenvalue weighted by atomic mass is 19.4. The third-order valence-corrected chi connectivity index (χ3v) is 8.20. The van der Waals surface area contributed by atoms with E-state index in [4.69, 9.17) is 14.5 Å². The van der Waals surface area contributed by atoms with Gasteiger partial charge in [0.2, 0.25) is 5.95 Å². The molecule has 0 N–H and O–H groups in total. The van der Waals surface area contributed by atoms with Gasteiger partial charge in [0, 0.05) is 36.3 Å². The molecule has 1 aliphatic carbocycles. The van der Waals surface area contributed by atoms with Crippen LogP contribution in [0.4, 0.5) is 23.9 Å². The van der Waals surface area contributed by atoms with Gasteiger partial charge in [-0.3, -0.25) is 4.90 Å². The Hall–Kier alpha value is -4.15. The fourth-order valence-electron chi connectivity index (χ4n) is 5.55. The molecule has 1 saturated carbocycles. The number of aromatic nitrogens is 2. The molecule has 1 aromatic heterocycles. The third kappa shape index (κ3) is 5.09. The molecular formula is C30H29F3N4O4. The molecule has 3 aliphatic rings. The minimum absolute atomic E-state index is 0.00578. The molecule has 8 nitrogen and oxygen atoms in total. The first-order valence-corrected chi connectivity index (χ1v) is 13.6. The monoisotopic (exact) mass is 566 g/mol. The lowest BCUT2D eigenvalue weighted by Gasteiger charge is -2.31. The quantitative estimate of drug-likeness (QED) is 0.320. The van der Waals surface area contributed by atoms with Crippen molar-refractivity contribution >= 4 is 18.3 Å². The summed E-state index contributed by atoms with van der Waals surface area (Å²) in [7, 11) is 1.57. The summed E-state index contributed by atoms with van der Waals surface area (Å²) in [4.78, 5) is 37.4. The van der Waals surface area contributed by atoms with Crippen LogP contribution in [0.2, 0.25) is 0 Å². The maximum atomic E-state index is 13.4. The lowest BCUT2D eigenvalue weighted by molar-refractivity contribution is -0.137. The van der Waals surface area contributed by atoms with Crippen molar-refractivity contribution in [2.75, 3.05) is 25.1 Å². The molecule has 2 saturated heterocycles. The Balaban J connectivity index is 1.35. The van der Waals surface area contributed by atoms with Gasteiger partial charge in [-0.05, 0) is 61.1 Å². The van der Waals surface area contributed by atoms with Crippen LogP contribution >= 0.6 is 0 Å². The first-order valence-electron chi connectivity index (χ1n) is 13.6. The molecule has 3 heterocycles. The van der Waals surface area contributed by atoms with Crippen molar-refractivity contribution in [3.05, 3.63) is 71.0 Å². The number of rotatable bonds is 8. The van der Waals surface area contributed by atoms with Crippen LogP contribution < -0.4 is 9.64 Å². The Morgan fingerprint density at radius 1 is 1.12 bits per heavy atom. The van der Waals surface area contributed by atoms with E-state index in [9.17, 15) is 22.8 Å². The molecule has 2 aliphatic heterocycles. The molecule has 3 aromatic rings. The summed E-state index contributed by atoms with van der Waals surface area (Å²) in [5.41, 5.74) is 2.45. The molecule has 0 bridgehead atoms. The van der Waals surface area contributed by atoms with Crippen LogP contribution in [0, 0.1) is 5.92 Å². The van der Waals surface area contributed by atoms with E-state index in [1.807, 2.05) is 23.1 Å². The Labute approximate surface area is 235 Å². The molecule has 1 unspecified atom stereocenters. The van der Waals surface area contributed by atoms with Crippen molar-refractivity contribution < 1.29 is 32.2 Å². The highest BCUT2D eigenvalue weighted by Gasteiger charge is 2.42. The van der Waals surface area contributed by atoms with Crippen molar-refractivity contribution in [2.24, 2.45) is 5.92 Å². The summed E-state index contributed by atoms with van der Waals surface area (Å²) in [6.45, 7) is 3.46. The summed E-state index contributed by atoms with van der Waals surface area (Å²) in [6, 6.07) is 10.1. The second-order valence-corrected chi connectivity index (χ2v) is 10.8. The van der Waals surface area contributed by atoms with Gasteiger partial charge >= 0.3 is 12.3 Å². The number of alkyl halides is 3. The number of benzene rings is 2. The van der Waals surface area contributed by atoms with Crippen molar-refractivity contribution in [1.29, 1.82) is 0 Å². The van der Waals surface area contributed by atoms with Crippen LogP contribution in [-0.2, 0) is 22.3 Å². The van der Waals surface area contributed by atoms with E-state index >= 15 is 0 Å². The number of nitrogens with zero attached hydrogens (tertiary/aromatic N) is 4. The van der Waals surface area contributed by atoms with Crippen molar-refractivity contribution in [3.63, 3.8) is 0 Å². The number of amides is 1. The minimum Gasteiger partial charge on any atom is -0.496 e. The smallest absolute Gasteiger partial charge is 0.416 e. The molecule has 0 spiro atoms. The Bertz CT molecular complexity index is 1490. The molecule has 4 atom stereocenters. The predicted octanol–water partition coefficient (Wildman–Crippen LogP) is 5.77. The number of carbonyl (C=O) groups excluding carboxylic acids is 2. The van der Waals surface area contributed by atoms with Gasteiger partial charge in [-0.1, -0.05) is 18.2 Å². The third-order valence-electron chi connectivity index (χ3n) is 8.20. The lowest BCUT2D eigenvalue weighted by atomic mass is 9.98. The van der Waals surface area contributed by atoms with Gasteiger partial charge in [-0.2, -0.15) is 13.2 Å². The molecular weight excluding hydrogens is 537 g/mol. The molecule has 0 radical (unpaired) electrons. The number of hydrogen-bond donors (Lipinski definition) is 0. The van der Waals surface area contributed by atoms with Crippen LogP contribution in [0.25, 0.3) is 11.1 Å². The molecule has 2 aromatic carbocycles. The molecule has 11 heteroatoms. The second kappa shape index (κ2) is 10.4. The number of cyclic esters (lactones) is 1. The van der Waals surface area contributed by atoms with Crippen LogP contribution in [-0.4, -0.2) is 53.5 Å². The summed E-state index contributed by atoms with van der Waals surface area (Å²) in [5, 5.41) is 0. The van der Waals surface area contributed by atoms with Crippen molar-refractivity contribution in [3.8, 4) is 16.9 Å². The fraction of sp³-hybridized carbons (Fsp3) is 0.400. The molecule has 214 valence electrons. The molecule has 3 fully saturated rings. The number of hydrogen-bond acceptors (Lipinski definition) is 7. The molecule has 6 rings (SSSR count). The number of anilines is 1. The average molecular weight is 567 g/mol. The number of halogens is 3. The molecule has 41 heavy (non-hydrogen) atoms. The fourth-order valence-corrected chi connectivity index (χ4v) is 5.55. The van der Waals surface area contributed by atoms with E-state index in [0.29, 0.717) is 23.0 Å².